The van der Waals surface area contributed by atoms with Gasteiger partial charge in [0.2, 0.25) is 0 Å². The van der Waals surface area contributed by atoms with Crippen LogP contribution in [0.25, 0.3) is 0 Å². The lowest BCUT2D eigenvalue weighted by atomic mass is 10.2. The van der Waals surface area contributed by atoms with Crippen molar-refractivity contribution in [1.29, 1.82) is 0 Å². The first-order chi connectivity index (χ1) is 10.0. The summed E-state index contributed by atoms with van der Waals surface area (Å²) in [6, 6.07) is 9.79. The SMILES string of the molecule is COc1ccc(Nc2cc([N+](=O)[O-])ccc2OC)cc1Br. The highest BCUT2D eigenvalue weighted by atomic mass is 79.9. The molecule has 0 fully saturated rings. The van der Waals surface area contributed by atoms with E-state index in [0.29, 0.717) is 17.2 Å². The zero-order valence-electron chi connectivity index (χ0n) is 11.4. The second-order valence-corrected chi connectivity index (χ2v) is 4.97. The van der Waals surface area contributed by atoms with Gasteiger partial charge in [0.15, 0.2) is 0 Å². The molecule has 0 heterocycles. The molecule has 7 heteroatoms. The van der Waals surface area contributed by atoms with Crippen LogP contribution in [0.4, 0.5) is 17.1 Å². The predicted molar refractivity (Wildman–Crippen MR) is 83.6 cm³/mol. The van der Waals surface area contributed by atoms with Crippen LogP contribution < -0.4 is 14.8 Å². The Balaban J connectivity index is 2.35. The van der Waals surface area contributed by atoms with Gasteiger partial charge in [-0.05, 0) is 40.2 Å². The van der Waals surface area contributed by atoms with Crippen molar-refractivity contribution in [2.45, 2.75) is 0 Å². The van der Waals surface area contributed by atoms with Crippen molar-refractivity contribution >= 4 is 33.0 Å². The number of hydrogen-bond donors (Lipinski definition) is 1. The normalized spacial score (nSPS) is 10.0. The number of benzene rings is 2. The fourth-order valence-corrected chi connectivity index (χ4v) is 2.35. The maximum absolute atomic E-state index is 10.9. The van der Waals surface area contributed by atoms with Crippen LogP contribution in [-0.2, 0) is 0 Å². The van der Waals surface area contributed by atoms with E-state index in [-0.39, 0.29) is 5.69 Å². The van der Waals surface area contributed by atoms with Gasteiger partial charge in [0.1, 0.15) is 11.5 Å². The van der Waals surface area contributed by atoms with Crippen molar-refractivity contribution in [2.75, 3.05) is 19.5 Å². The molecule has 0 aliphatic rings. The van der Waals surface area contributed by atoms with Gasteiger partial charge in [0.25, 0.3) is 5.69 Å². The summed E-state index contributed by atoms with van der Waals surface area (Å²) in [5.74, 6) is 1.22. The van der Waals surface area contributed by atoms with E-state index in [1.54, 1.807) is 19.2 Å². The number of nitro benzene ring substituents is 1. The summed E-state index contributed by atoms with van der Waals surface area (Å²) in [6.45, 7) is 0. The van der Waals surface area contributed by atoms with E-state index in [1.165, 1.54) is 19.2 Å². The van der Waals surface area contributed by atoms with Gasteiger partial charge in [0.05, 0.1) is 29.3 Å². The third-order valence-corrected chi connectivity index (χ3v) is 3.44. The number of ether oxygens (including phenoxy) is 2. The maximum Gasteiger partial charge on any atom is 0.271 e. The third-order valence-electron chi connectivity index (χ3n) is 2.82. The average molecular weight is 353 g/mol. The van der Waals surface area contributed by atoms with Crippen molar-refractivity contribution in [1.82, 2.24) is 0 Å². The van der Waals surface area contributed by atoms with E-state index in [0.717, 1.165) is 10.2 Å². The molecule has 21 heavy (non-hydrogen) atoms. The summed E-state index contributed by atoms with van der Waals surface area (Å²) in [4.78, 5) is 10.4. The standard InChI is InChI=1S/C14H13BrN2O4/c1-20-13-5-3-9(7-11(13)15)16-12-8-10(17(18)19)4-6-14(12)21-2/h3-8,16H,1-2H3. The zero-order valence-corrected chi connectivity index (χ0v) is 13.0. The van der Waals surface area contributed by atoms with Gasteiger partial charge in [-0.25, -0.2) is 0 Å². The van der Waals surface area contributed by atoms with Crippen molar-refractivity contribution in [2.24, 2.45) is 0 Å². The van der Waals surface area contributed by atoms with Crippen molar-refractivity contribution in [3.05, 3.63) is 51.0 Å². The molecule has 1 N–H and O–H groups in total. The molecule has 6 nitrogen and oxygen atoms in total. The molecule has 110 valence electrons. The van der Waals surface area contributed by atoms with Crippen LogP contribution in [0.2, 0.25) is 0 Å². The Bertz CT molecular complexity index is 676. The van der Waals surface area contributed by atoms with Crippen LogP contribution in [-0.4, -0.2) is 19.1 Å². The highest BCUT2D eigenvalue weighted by Crippen LogP contribution is 2.34. The number of non-ortho nitro benzene ring substituents is 1. The second kappa shape index (κ2) is 6.45. The molecule has 0 saturated heterocycles. The van der Waals surface area contributed by atoms with Gasteiger partial charge in [0, 0.05) is 17.8 Å². The number of hydrogen-bond acceptors (Lipinski definition) is 5. The summed E-state index contributed by atoms with van der Waals surface area (Å²) in [7, 11) is 3.09. The first-order valence-corrected chi connectivity index (χ1v) is 6.77. The number of halogens is 1. The average Bonchev–Trinajstić information content (AvgIpc) is 2.47. The van der Waals surface area contributed by atoms with Gasteiger partial charge in [-0.15, -0.1) is 0 Å². The van der Waals surface area contributed by atoms with Gasteiger partial charge in [-0.1, -0.05) is 0 Å². The van der Waals surface area contributed by atoms with Crippen LogP contribution in [0, 0.1) is 10.1 Å². The fourth-order valence-electron chi connectivity index (χ4n) is 1.81. The van der Waals surface area contributed by atoms with E-state index in [1.807, 2.05) is 12.1 Å². The number of nitrogens with zero attached hydrogens (tertiary/aromatic N) is 1. The lowest BCUT2D eigenvalue weighted by molar-refractivity contribution is -0.384. The van der Waals surface area contributed by atoms with E-state index in [2.05, 4.69) is 21.2 Å². The Kier molecular flexibility index (Phi) is 4.64. The lowest BCUT2D eigenvalue weighted by Gasteiger charge is -2.12. The first kappa shape index (κ1) is 15.1. The van der Waals surface area contributed by atoms with E-state index >= 15 is 0 Å². The van der Waals surface area contributed by atoms with Crippen molar-refractivity contribution < 1.29 is 14.4 Å². The first-order valence-electron chi connectivity index (χ1n) is 5.98. The molecular weight excluding hydrogens is 340 g/mol. The molecule has 0 atom stereocenters. The molecule has 0 spiro atoms. The van der Waals surface area contributed by atoms with Crippen molar-refractivity contribution in [3.8, 4) is 11.5 Å². The highest BCUT2D eigenvalue weighted by Gasteiger charge is 2.12. The minimum atomic E-state index is -0.450. The molecule has 0 unspecified atom stereocenters. The van der Waals surface area contributed by atoms with Gasteiger partial charge in [-0.2, -0.15) is 0 Å². The van der Waals surface area contributed by atoms with Crippen LogP contribution in [0.5, 0.6) is 11.5 Å². The minimum Gasteiger partial charge on any atom is -0.496 e. The van der Waals surface area contributed by atoms with Gasteiger partial charge in [-0.3, -0.25) is 10.1 Å². The Morgan fingerprint density at radius 3 is 2.33 bits per heavy atom. The van der Waals surface area contributed by atoms with Crippen LogP contribution in [0.15, 0.2) is 40.9 Å². The van der Waals surface area contributed by atoms with E-state index in [9.17, 15) is 10.1 Å². The van der Waals surface area contributed by atoms with E-state index < -0.39 is 4.92 Å². The number of nitrogens with one attached hydrogen (secondary N) is 1. The molecule has 0 aromatic heterocycles. The molecule has 2 rings (SSSR count). The quantitative estimate of drug-likeness (QED) is 0.647. The van der Waals surface area contributed by atoms with E-state index in [4.69, 9.17) is 9.47 Å². The van der Waals surface area contributed by atoms with Crippen LogP contribution in [0.1, 0.15) is 0 Å². The van der Waals surface area contributed by atoms with Crippen LogP contribution >= 0.6 is 15.9 Å². The topological polar surface area (TPSA) is 73.6 Å². The fraction of sp³-hybridized carbons (Fsp3) is 0.143. The minimum absolute atomic E-state index is 0.00845. The lowest BCUT2D eigenvalue weighted by Crippen LogP contribution is -1.97. The molecular formula is C14H13BrN2O4. The molecule has 2 aromatic carbocycles. The smallest absolute Gasteiger partial charge is 0.271 e. The molecule has 0 aliphatic carbocycles. The molecule has 0 radical (unpaired) electrons. The van der Waals surface area contributed by atoms with Gasteiger partial charge >= 0.3 is 0 Å². The third kappa shape index (κ3) is 3.43. The van der Waals surface area contributed by atoms with Crippen molar-refractivity contribution in [3.63, 3.8) is 0 Å². The molecule has 0 aliphatic heterocycles. The predicted octanol–water partition coefficient (Wildman–Crippen LogP) is 4.12. The Labute approximate surface area is 130 Å². The summed E-state index contributed by atoms with van der Waals surface area (Å²) in [5.41, 5.74) is 1.26. The summed E-state index contributed by atoms with van der Waals surface area (Å²) in [5, 5.41) is 14.0. The number of nitro groups is 1. The number of rotatable bonds is 5. The largest absolute Gasteiger partial charge is 0.496 e. The summed E-state index contributed by atoms with van der Waals surface area (Å²) >= 11 is 3.39. The Hall–Kier alpha value is -2.28. The Morgan fingerprint density at radius 2 is 1.76 bits per heavy atom. The molecule has 0 saturated carbocycles. The molecule has 2 aromatic rings. The summed E-state index contributed by atoms with van der Waals surface area (Å²) in [6.07, 6.45) is 0. The Morgan fingerprint density at radius 1 is 1.10 bits per heavy atom. The van der Waals surface area contributed by atoms with Crippen LogP contribution in [0.3, 0.4) is 0 Å². The van der Waals surface area contributed by atoms with Gasteiger partial charge < -0.3 is 14.8 Å². The second-order valence-electron chi connectivity index (χ2n) is 4.12. The number of methoxy groups -OCH3 is 2. The summed E-state index contributed by atoms with van der Waals surface area (Å²) < 4.78 is 11.1. The maximum atomic E-state index is 10.9. The zero-order chi connectivity index (χ0) is 15.4. The highest BCUT2D eigenvalue weighted by molar-refractivity contribution is 9.10. The molecule has 0 amide bonds. The number of anilines is 2. The monoisotopic (exact) mass is 352 g/mol. The molecule has 0 bridgehead atoms.